The molecule has 2 aromatic carbocycles. The summed E-state index contributed by atoms with van der Waals surface area (Å²) in [6.07, 6.45) is 1.71. The molecule has 0 amide bonds. The van der Waals surface area contributed by atoms with Gasteiger partial charge in [-0.3, -0.25) is 0 Å². The van der Waals surface area contributed by atoms with E-state index in [2.05, 4.69) is 0 Å². The van der Waals surface area contributed by atoms with Crippen LogP contribution in [0, 0.1) is 5.92 Å². The molecule has 19 heavy (non-hydrogen) atoms. The number of aliphatic hydroxyl groups is 1. The number of aliphatic hydroxyl groups excluding tert-OH is 1. The van der Waals surface area contributed by atoms with Crippen molar-refractivity contribution >= 4 is 23.2 Å². The van der Waals surface area contributed by atoms with Crippen molar-refractivity contribution in [3.05, 3.63) is 42.0 Å². The van der Waals surface area contributed by atoms with Crippen LogP contribution in [0.2, 0.25) is 0 Å². The number of nitrogens with two attached hydrogens (primary N) is 1. The van der Waals surface area contributed by atoms with Gasteiger partial charge in [0.1, 0.15) is 5.75 Å². The van der Waals surface area contributed by atoms with Gasteiger partial charge in [-0.25, -0.2) is 0 Å². The average Bonchev–Trinajstić information content (AvgIpc) is 3.20. The summed E-state index contributed by atoms with van der Waals surface area (Å²) in [5.74, 6) is 0.632. The van der Waals surface area contributed by atoms with Crippen molar-refractivity contribution in [1.82, 2.24) is 0 Å². The van der Waals surface area contributed by atoms with E-state index < -0.39 is 6.10 Å². The number of phenolic OH excluding ortho intramolecular Hbond substituents is 1. The van der Waals surface area contributed by atoms with Crippen molar-refractivity contribution in [3.8, 4) is 5.75 Å². The summed E-state index contributed by atoms with van der Waals surface area (Å²) in [7, 11) is 0. The molecule has 0 aromatic heterocycles. The van der Waals surface area contributed by atoms with E-state index >= 15 is 0 Å². The lowest BCUT2D eigenvalue weighted by Crippen LogP contribution is -2.27. The van der Waals surface area contributed by atoms with E-state index in [-0.39, 0.29) is 24.2 Å². The highest BCUT2D eigenvalue weighted by Gasteiger charge is 2.34. The first-order valence-electron chi connectivity index (χ1n) is 6.31. The predicted octanol–water partition coefficient (Wildman–Crippen LogP) is 2.74. The molecule has 1 saturated carbocycles. The monoisotopic (exact) mass is 279 g/mol. The second-order valence-electron chi connectivity index (χ2n) is 5.14. The van der Waals surface area contributed by atoms with Gasteiger partial charge in [0, 0.05) is 0 Å². The molecule has 0 unspecified atom stereocenters. The first kappa shape index (κ1) is 14.1. The van der Waals surface area contributed by atoms with Gasteiger partial charge in [0.2, 0.25) is 0 Å². The van der Waals surface area contributed by atoms with E-state index in [1.165, 1.54) is 0 Å². The molecule has 3 nitrogen and oxygen atoms in total. The second-order valence-corrected chi connectivity index (χ2v) is 5.14. The highest BCUT2D eigenvalue weighted by atomic mass is 35.5. The first-order chi connectivity index (χ1) is 8.65. The van der Waals surface area contributed by atoms with Crippen LogP contribution < -0.4 is 5.73 Å². The summed E-state index contributed by atoms with van der Waals surface area (Å²) in [4.78, 5) is 0. The molecular formula is C15H18ClNO2. The molecule has 0 spiro atoms. The maximum Gasteiger partial charge on any atom is 0.116 e. The summed E-state index contributed by atoms with van der Waals surface area (Å²) < 4.78 is 0. The van der Waals surface area contributed by atoms with Crippen LogP contribution in [0.1, 0.15) is 24.4 Å². The van der Waals surface area contributed by atoms with Crippen LogP contribution in [0.4, 0.5) is 0 Å². The van der Waals surface area contributed by atoms with Crippen LogP contribution >= 0.6 is 12.4 Å². The second kappa shape index (κ2) is 5.37. The Morgan fingerprint density at radius 2 is 1.68 bits per heavy atom. The molecule has 0 aliphatic heterocycles. The molecule has 0 heterocycles. The summed E-state index contributed by atoms with van der Waals surface area (Å²) in [6.45, 7) is 0. The maximum absolute atomic E-state index is 10.1. The van der Waals surface area contributed by atoms with Gasteiger partial charge in [0.15, 0.2) is 0 Å². The molecule has 4 N–H and O–H groups in total. The largest absolute Gasteiger partial charge is 0.508 e. The fourth-order valence-corrected chi connectivity index (χ4v) is 2.39. The lowest BCUT2D eigenvalue weighted by atomic mass is 9.96. The highest BCUT2D eigenvalue weighted by molar-refractivity contribution is 5.85. The SMILES string of the molecule is Cl.N[C@H](c1ccc2cc(O)ccc2c1)[C@@H](O)C1CC1. The summed E-state index contributed by atoms with van der Waals surface area (Å²) in [5, 5.41) is 21.5. The third-order valence-corrected chi connectivity index (χ3v) is 3.71. The zero-order chi connectivity index (χ0) is 12.7. The van der Waals surface area contributed by atoms with Crippen LogP contribution in [0.25, 0.3) is 10.8 Å². The summed E-state index contributed by atoms with van der Waals surface area (Å²) in [5.41, 5.74) is 7.05. The van der Waals surface area contributed by atoms with Gasteiger partial charge < -0.3 is 15.9 Å². The average molecular weight is 280 g/mol. The smallest absolute Gasteiger partial charge is 0.116 e. The van der Waals surface area contributed by atoms with Crippen LogP contribution in [-0.2, 0) is 0 Å². The lowest BCUT2D eigenvalue weighted by Gasteiger charge is -2.19. The molecule has 2 aromatic rings. The van der Waals surface area contributed by atoms with Crippen molar-refractivity contribution in [3.63, 3.8) is 0 Å². The number of phenols is 1. The zero-order valence-electron chi connectivity index (χ0n) is 10.5. The Labute approximate surface area is 118 Å². The summed E-state index contributed by atoms with van der Waals surface area (Å²) in [6, 6.07) is 10.8. The van der Waals surface area contributed by atoms with Crippen LogP contribution in [0.5, 0.6) is 5.75 Å². The van der Waals surface area contributed by atoms with Crippen LogP contribution in [0.15, 0.2) is 36.4 Å². The van der Waals surface area contributed by atoms with Gasteiger partial charge in [-0.15, -0.1) is 12.4 Å². The third-order valence-electron chi connectivity index (χ3n) is 3.71. The fraction of sp³-hybridized carbons (Fsp3) is 0.333. The molecule has 1 fully saturated rings. The van der Waals surface area contributed by atoms with Crippen LogP contribution in [0.3, 0.4) is 0 Å². The molecule has 0 saturated heterocycles. The van der Waals surface area contributed by atoms with Crippen molar-refractivity contribution in [2.45, 2.75) is 25.0 Å². The highest BCUT2D eigenvalue weighted by Crippen LogP contribution is 2.37. The van der Waals surface area contributed by atoms with E-state index in [4.69, 9.17) is 5.73 Å². The van der Waals surface area contributed by atoms with Crippen molar-refractivity contribution in [2.75, 3.05) is 0 Å². The maximum atomic E-state index is 10.1. The molecule has 0 bridgehead atoms. The molecule has 2 atom stereocenters. The molecule has 1 aliphatic rings. The predicted molar refractivity (Wildman–Crippen MR) is 78.5 cm³/mol. The van der Waals surface area contributed by atoms with Crippen LogP contribution in [-0.4, -0.2) is 16.3 Å². The quantitative estimate of drug-likeness (QED) is 0.809. The van der Waals surface area contributed by atoms with Gasteiger partial charge in [0.05, 0.1) is 12.1 Å². The van der Waals surface area contributed by atoms with Crippen molar-refractivity contribution < 1.29 is 10.2 Å². The van der Waals surface area contributed by atoms with Crippen molar-refractivity contribution in [1.29, 1.82) is 0 Å². The Bertz CT molecular complexity index is 583. The standard InChI is InChI=1S/C15H17NO2.ClH/c16-14(15(18)9-1-2-9)12-4-3-11-8-13(17)6-5-10(11)7-12;/h3-9,14-15,17-18H,1-2,16H2;1H/t14-,15+;/m1./s1. The first-order valence-corrected chi connectivity index (χ1v) is 6.31. The number of hydrogen-bond acceptors (Lipinski definition) is 3. The van der Waals surface area contributed by atoms with E-state index in [0.29, 0.717) is 5.92 Å². The molecule has 3 rings (SSSR count). The Morgan fingerprint density at radius 3 is 2.37 bits per heavy atom. The van der Waals surface area contributed by atoms with Gasteiger partial charge in [-0.05, 0) is 53.3 Å². The third kappa shape index (κ3) is 2.84. The Hall–Kier alpha value is -1.29. The van der Waals surface area contributed by atoms with E-state index in [1.807, 2.05) is 24.3 Å². The summed E-state index contributed by atoms with van der Waals surface area (Å²) >= 11 is 0. The van der Waals surface area contributed by atoms with Gasteiger partial charge in [0.25, 0.3) is 0 Å². The normalized spacial score (nSPS) is 17.8. The minimum atomic E-state index is -0.445. The molecular weight excluding hydrogens is 262 g/mol. The van der Waals surface area contributed by atoms with Crippen molar-refractivity contribution in [2.24, 2.45) is 11.7 Å². The van der Waals surface area contributed by atoms with E-state index in [1.54, 1.807) is 12.1 Å². The minimum Gasteiger partial charge on any atom is -0.508 e. The molecule has 4 heteroatoms. The van der Waals surface area contributed by atoms with E-state index in [0.717, 1.165) is 29.2 Å². The van der Waals surface area contributed by atoms with E-state index in [9.17, 15) is 10.2 Å². The Morgan fingerprint density at radius 1 is 1.05 bits per heavy atom. The number of rotatable bonds is 3. The van der Waals surface area contributed by atoms with Gasteiger partial charge in [-0.1, -0.05) is 18.2 Å². The Balaban J connectivity index is 0.00000133. The number of hydrogen-bond donors (Lipinski definition) is 3. The number of aromatic hydroxyl groups is 1. The lowest BCUT2D eigenvalue weighted by molar-refractivity contribution is 0.122. The molecule has 0 radical (unpaired) electrons. The topological polar surface area (TPSA) is 66.5 Å². The zero-order valence-corrected chi connectivity index (χ0v) is 11.3. The number of halogens is 1. The fourth-order valence-electron chi connectivity index (χ4n) is 2.39. The number of fused-ring (bicyclic) bond motifs is 1. The molecule has 102 valence electrons. The Kier molecular flexibility index (Phi) is 3.99. The van der Waals surface area contributed by atoms with Gasteiger partial charge in [-0.2, -0.15) is 0 Å². The molecule has 1 aliphatic carbocycles. The van der Waals surface area contributed by atoms with Gasteiger partial charge >= 0.3 is 0 Å². The number of benzene rings is 2. The minimum absolute atomic E-state index is 0.